The number of benzene rings is 1. The van der Waals surface area contributed by atoms with Crippen LogP contribution < -0.4 is 5.32 Å². The van der Waals surface area contributed by atoms with Crippen LogP contribution in [0, 0.1) is 13.8 Å². The lowest BCUT2D eigenvalue weighted by Gasteiger charge is -2.03. The molecular weight excluding hydrogens is 150 g/mol. The van der Waals surface area contributed by atoms with Crippen molar-refractivity contribution in [2.24, 2.45) is 0 Å². The van der Waals surface area contributed by atoms with Gasteiger partial charge < -0.3 is 5.32 Å². The van der Waals surface area contributed by atoms with Gasteiger partial charge in [-0.15, -0.1) is 0 Å². The molecule has 1 aromatic carbocycles. The quantitative estimate of drug-likeness (QED) is 0.617. The van der Waals surface area contributed by atoms with Crippen LogP contribution in [-0.2, 0) is 11.2 Å². The second-order valence-corrected chi connectivity index (χ2v) is 3.33. The molecule has 1 heterocycles. The average molecular weight is 161 g/mol. The fraction of sp³-hybridized carbons (Fsp3) is 0.300. The van der Waals surface area contributed by atoms with Crippen molar-refractivity contribution in [3.8, 4) is 0 Å². The summed E-state index contributed by atoms with van der Waals surface area (Å²) in [5.41, 5.74) is 4.57. The summed E-state index contributed by atoms with van der Waals surface area (Å²) in [5.74, 6) is 0.110. The number of fused-ring (bicyclic) bond motifs is 1. The van der Waals surface area contributed by atoms with Crippen molar-refractivity contribution in [3.05, 3.63) is 28.8 Å². The van der Waals surface area contributed by atoms with Gasteiger partial charge in [0.1, 0.15) is 0 Å². The Hall–Kier alpha value is -1.31. The molecule has 0 aromatic heterocycles. The van der Waals surface area contributed by atoms with Gasteiger partial charge in [-0.3, -0.25) is 4.79 Å². The van der Waals surface area contributed by atoms with Crippen LogP contribution in [0.5, 0.6) is 0 Å². The van der Waals surface area contributed by atoms with E-state index in [0.29, 0.717) is 6.42 Å². The zero-order chi connectivity index (χ0) is 8.72. The molecule has 1 amide bonds. The number of rotatable bonds is 0. The van der Waals surface area contributed by atoms with Crippen molar-refractivity contribution in [3.63, 3.8) is 0 Å². The molecule has 12 heavy (non-hydrogen) atoms. The molecule has 0 radical (unpaired) electrons. The van der Waals surface area contributed by atoms with Crippen molar-refractivity contribution >= 4 is 11.6 Å². The smallest absolute Gasteiger partial charge is 0.228 e. The van der Waals surface area contributed by atoms with Gasteiger partial charge in [0.2, 0.25) is 5.91 Å². The van der Waals surface area contributed by atoms with Crippen LogP contribution in [0.15, 0.2) is 12.1 Å². The first-order chi connectivity index (χ1) is 5.66. The number of hydrogen-bond acceptors (Lipinski definition) is 1. The lowest BCUT2D eigenvalue weighted by atomic mass is 10.0. The summed E-state index contributed by atoms with van der Waals surface area (Å²) < 4.78 is 0. The van der Waals surface area contributed by atoms with E-state index in [-0.39, 0.29) is 5.91 Å². The zero-order valence-electron chi connectivity index (χ0n) is 7.27. The Labute approximate surface area is 71.6 Å². The molecular formula is C10H11NO. The van der Waals surface area contributed by atoms with E-state index in [9.17, 15) is 4.79 Å². The van der Waals surface area contributed by atoms with Crippen LogP contribution in [-0.4, -0.2) is 5.91 Å². The van der Waals surface area contributed by atoms with E-state index < -0.39 is 0 Å². The molecule has 2 heteroatoms. The standard InChI is InChI=1S/C10H11NO/c1-6-3-7(2)8-5-10(12)11-9(8)4-6/h3-4H,5H2,1-2H3,(H,11,12). The Morgan fingerprint density at radius 1 is 1.33 bits per heavy atom. The summed E-state index contributed by atoms with van der Waals surface area (Å²) in [4.78, 5) is 11.1. The van der Waals surface area contributed by atoms with E-state index >= 15 is 0 Å². The number of hydrogen-bond donors (Lipinski definition) is 1. The zero-order valence-corrected chi connectivity index (χ0v) is 7.27. The lowest BCUT2D eigenvalue weighted by Crippen LogP contribution is -2.03. The molecule has 2 nitrogen and oxygen atoms in total. The average Bonchev–Trinajstić information content (AvgIpc) is 2.29. The fourth-order valence-corrected chi connectivity index (χ4v) is 1.70. The molecule has 0 saturated carbocycles. The molecule has 0 saturated heterocycles. The maximum absolute atomic E-state index is 11.1. The highest BCUT2D eigenvalue weighted by molar-refractivity contribution is 5.99. The molecule has 0 fully saturated rings. The molecule has 2 rings (SSSR count). The van der Waals surface area contributed by atoms with Gasteiger partial charge in [-0.1, -0.05) is 6.07 Å². The molecule has 0 aliphatic carbocycles. The summed E-state index contributed by atoms with van der Waals surface area (Å²) in [7, 11) is 0. The largest absolute Gasteiger partial charge is 0.326 e. The second kappa shape index (κ2) is 2.34. The maximum Gasteiger partial charge on any atom is 0.228 e. The Morgan fingerprint density at radius 2 is 2.08 bits per heavy atom. The SMILES string of the molecule is Cc1cc(C)c2c(c1)NC(=O)C2. The van der Waals surface area contributed by atoms with Crippen LogP contribution in [0.4, 0.5) is 5.69 Å². The van der Waals surface area contributed by atoms with Crippen LogP contribution in [0.2, 0.25) is 0 Å². The van der Waals surface area contributed by atoms with Crippen molar-refractivity contribution < 1.29 is 4.79 Å². The molecule has 0 spiro atoms. The Kier molecular flexibility index (Phi) is 1.43. The molecule has 0 atom stereocenters. The predicted molar refractivity (Wildman–Crippen MR) is 48.2 cm³/mol. The fourth-order valence-electron chi connectivity index (χ4n) is 1.70. The van der Waals surface area contributed by atoms with Crippen LogP contribution in [0.1, 0.15) is 16.7 Å². The van der Waals surface area contributed by atoms with Crippen molar-refractivity contribution in [1.82, 2.24) is 0 Å². The van der Waals surface area contributed by atoms with E-state index in [1.54, 1.807) is 0 Å². The molecule has 1 aliphatic rings. The van der Waals surface area contributed by atoms with Crippen molar-refractivity contribution in [2.45, 2.75) is 20.3 Å². The highest BCUT2D eigenvalue weighted by Crippen LogP contribution is 2.27. The van der Waals surface area contributed by atoms with Gasteiger partial charge >= 0.3 is 0 Å². The van der Waals surface area contributed by atoms with Crippen molar-refractivity contribution in [2.75, 3.05) is 5.32 Å². The minimum atomic E-state index is 0.110. The second-order valence-electron chi connectivity index (χ2n) is 3.33. The number of nitrogens with one attached hydrogen (secondary N) is 1. The lowest BCUT2D eigenvalue weighted by molar-refractivity contribution is -0.115. The van der Waals surface area contributed by atoms with E-state index in [2.05, 4.69) is 11.4 Å². The molecule has 1 aromatic rings. The van der Waals surface area contributed by atoms with Gasteiger partial charge in [-0.05, 0) is 36.6 Å². The number of aryl methyl sites for hydroxylation is 2. The minimum Gasteiger partial charge on any atom is -0.326 e. The molecule has 0 bridgehead atoms. The number of anilines is 1. The van der Waals surface area contributed by atoms with E-state index in [1.165, 1.54) is 11.1 Å². The summed E-state index contributed by atoms with van der Waals surface area (Å²) >= 11 is 0. The van der Waals surface area contributed by atoms with Gasteiger partial charge in [0.05, 0.1) is 6.42 Å². The van der Waals surface area contributed by atoms with Gasteiger partial charge in [-0.2, -0.15) is 0 Å². The summed E-state index contributed by atoms with van der Waals surface area (Å²) in [6, 6.07) is 4.13. The van der Waals surface area contributed by atoms with Gasteiger partial charge in [0.15, 0.2) is 0 Å². The first-order valence-corrected chi connectivity index (χ1v) is 4.07. The molecule has 1 N–H and O–H groups in total. The van der Waals surface area contributed by atoms with Gasteiger partial charge in [0.25, 0.3) is 0 Å². The van der Waals surface area contributed by atoms with Crippen LogP contribution >= 0.6 is 0 Å². The van der Waals surface area contributed by atoms with E-state index in [4.69, 9.17) is 0 Å². The third-order valence-corrected chi connectivity index (χ3v) is 2.23. The third kappa shape index (κ3) is 0.998. The highest BCUT2D eigenvalue weighted by atomic mass is 16.1. The predicted octanol–water partition coefficient (Wildman–Crippen LogP) is 1.80. The van der Waals surface area contributed by atoms with E-state index in [1.807, 2.05) is 19.9 Å². The third-order valence-electron chi connectivity index (χ3n) is 2.23. The van der Waals surface area contributed by atoms with Crippen LogP contribution in [0.3, 0.4) is 0 Å². The van der Waals surface area contributed by atoms with E-state index in [0.717, 1.165) is 11.3 Å². The topological polar surface area (TPSA) is 29.1 Å². The highest BCUT2D eigenvalue weighted by Gasteiger charge is 2.18. The Balaban J connectivity index is 2.59. The van der Waals surface area contributed by atoms with Crippen molar-refractivity contribution in [1.29, 1.82) is 0 Å². The minimum absolute atomic E-state index is 0.110. The normalized spacial score (nSPS) is 14.3. The molecule has 62 valence electrons. The summed E-state index contributed by atoms with van der Waals surface area (Å²) in [6.07, 6.45) is 0.543. The Morgan fingerprint density at radius 3 is 2.83 bits per heavy atom. The van der Waals surface area contributed by atoms with Gasteiger partial charge in [-0.25, -0.2) is 0 Å². The maximum atomic E-state index is 11.1. The number of carbonyl (C=O) groups excluding carboxylic acids is 1. The molecule has 1 aliphatic heterocycles. The van der Waals surface area contributed by atoms with Gasteiger partial charge in [0, 0.05) is 5.69 Å². The number of amides is 1. The monoisotopic (exact) mass is 161 g/mol. The molecule has 0 unspecified atom stereocenters. The summed E-state index contributed by atoms with van der Waals surface area (Å²) in [6.45, 7) is 4.09. The summed E-state index contributed by atoms with van der Waals surface area (Å²) in [5, 5.41) is 2.84. The number of carbonyl (C=O) groups is 1. The Bertz CT molecular complexity index is 355. The van der Waals surface area contributed by atoms with Crippen LogP contribution in [0.25, 0.3) is 0 Å². The first kappa shape index (κ1) is 7.35. The first-order valence-electron chi connectivity index (χ1n) is 4.07.